The summed E-state index contributed by atoms with van der Waals surface area (Å²) in [6, 6.07) is 15.4. The molecule has 7 heteroatoms. The average Bonchev–Trinajstić information content (AvgIpc) is 3.13. The highest BCUT2D eigenvalue weighted by Gasteiger charge is 2.16. The molecule has 134 valence electrons. The maximum absolute atomic E-state index is 13.5. The van der Waals surface area contributed by atoms with Gasteiger partial charge in [-0.2, -0.15) is 4.98 Å². The van der Waals surface area contributed by atoms with Crippen LogP contribution in [0.25, 0.3) is 11.4 Å². The van der Waals surface area contributed by atoms with E-state index in [-0.39, 0.29) is 11.7 Å². The fourth-order valence-electron chi connectivity index (χ4n) is 2.28. The lowest BCUT2D eigenvalue weighted by molar-refractivity contribution is -0.127. The van der Waals surface area contributed by atoms with Crippen LogP contribution in [0.4, 0.5) is 4.39 Å². The predicted molar refractivity (Wildman–Crippen MR) is 92.9 cm³/mol. The van der Waals surface area contributed by atoms with E-state index in [1.54, 1.807) is 19.1 Å². The zero-order valence-electron chi connectivity index (χ0n) is 14.2. The van der Waals surface area contributed by atoms with Crippen molar-refractivity contribution in [1.29, 1.82) is 0 Å². The molecule has 2 aromatic carbocycles. The van der Waals surface area contributed by atoms with Crippen LogP contribution >= 0.6 is 0 Å². The van der Waals surface area contributed by atoms with Crippen molar-refractivity contribution in [3.05, 3.63) is 66.3 Å². The highest BCUT2D eigenvalue weighted by molar-refractivity contribution is 5.80. The molecule has 1 N–H and O–H groups in total. The van der Waals surface area contributed by atoms with E-state index < -0.39 is 11.9 Å². The normalized spacial score (nSPS) is 11.8. The molecule has 0 unspecified atom stereocenters. The Hall–Kier alpha value is -3.22. The predicted octanol–water partition coefficient (Wildman–Crippen LogP) is 3.00. The van der Waals surface area contributed by atoms with Crippen LogP contribution < -0.4 is 10.1 Å². The molecular weight excluding hydrogens is 337 g/mol. The maximum atomic E-state index is 13.5. The van der Waals surface area contributed by atoms with Crippen molar-refractivity contribution < 1.29 is 18.4 Å². The molecule has 26 heavy (non-hydrogen) atoms. The van der Waals surface area contributed by atoms with Crippen LogP contribution in [-0.2, 0) is 11.2 Å². The van der Waals surface area contributed by atoms with Crippen LogP contribution in [-0.4, -0.2) is 28.7 Å². The van der Waals surface area contributed by atoms with Gasteiger partial charge in [-0.1, -0.05) is 47.6 Å². The molecule has 1 atom stereocenters. The largest absolute Gasteiger partial charge is 0.478 e. The molecule has 0 fully saturated rings. The van der Waals surface area contributed by atoms with Gasteiger partial charge in [-0.3, -0.25) is 4.79 Å². The Kier molecular flexibility index (Phi) is 5.58. The number of amides is 1. The van der Waals surface area contributed by atoms with Crippen LogP contribution in [0.15, 0.2) is 59.1 Å². The Balaban J connectivity index is 1.48. The number of carbonyl (C=O) groups is 1. The van der Waals surface area contributed by atoms with Crippen molar-refractivity contribution in [3.8, 4) is 17.1 Å². The molecule has 0 radical (unpaired) electrons. The molecule has 3 aromatic rings. The van der Waals surface area contributed by atoms with E-state index in [9.17, 15) is 9.18 Å². The van der Waals surface area contributed by atoms with E-state index in [1.165, 1.54) is 12.1 Å². The summed E-state index contributed by atoms with van der Waals surface area (Å²) < 4.78 is 24.1. The highest BCUT2D eigenvalue weighted by Crippen LogP contribution is 2.17. The first kappa shape index (κ1) is 17.6. The molecule has 0 aliphatic heterocycles. The summed E-state index contributed by atoms with van der Waals surface area (Å²) in [7, 11) is 0. The van der Waals surface area contributed by atoms with Gasteiger partial charge in [-0.25, -0.2) is 4.39 Å². The van der Waals surface area contributed by atoms with E-state index in [4.69, 9.17) is 9.26 Å². The van der Waals surface area contributed by atoms with Crippen LogP contribution in [0.3, 0.4) is 0 Å². The molecule has 0 saturated carbocycles. The SMILES string of the molecule is C[C@@H](Oc1ccccc1F)C(=O)NCCc1nc(-c2ccccc2)no1. The van der Waals surface area contributed by atoms with Gasteiger partial charge in [-0.05, 0) is 19.1 Å². The smallest absolute Gasteiger partial charge is 0.260 e. The second-order valence-electron chi connectivity index (χ2n) is 5.61. The van der Waals surface area contributed by atoms with Crippen LogP contribution in [0.1, 0.15) is 12.8 Å². The Morgan fingerprint density at radius 1 is 1.19 bits per heavy atom. The van der Waals surface area contributed by atoms with Crippen molar-refractivity contribution in [1.82, 2.24) is 15.5 Å². The number of nitrogens with zero attached hydrogens (tertiary/aromatic N) is 2. The summed E-state index contributed by atoms with van der Waals surface area (Å²) in [5.41, 5.74) is 0.860. The van der Waals surface area contributed by atoms with E-state index in [0.717, 1.165) is 5.56 Å². The number of benzene rings is 2. The Labute approximate surface area is 150 Å². The van der Waals surface area contributed by atoms with Crippen molar-refractivity contribution in [2.75, 3.05) is 6.54 Å². The van der Waals surface area contributed by atoms with Gasteiger partial charge in [0.25, 0.3) is 5.91 Å². The minimum Gasteiger partial charge on any atom is -0.478 e. The quantitative estimate of drug-likeness (QED) is 0.705. The molecule has 1 amide bonds. The van der Waals surface area contributed by atoms with Gasteiger partial charge in [0, 0.05) is 18.5 Å². The van der Waals surface area contributed by atoms with Crippen molar-refractivity contribution in [2.24, 2.45) is 0 Å². The van der Waals surface area contributed by atoms with Gasteiger partial charge in [0.15, 0.2) is 17.7 Å². The molecule has 0 aliphatic carbocycles. The average molecular weight is 355 g/mol. The number of rotatable bonds is 7. The van der Waals surface area contributed by atoms with E-state index in [0.29, 0.717) is 24.7 Å². The van der Waals surface area contributed by atoms with Gasteiger partial charge in [0.1, 0.15) is 0 Å². The molecule has 0 aliphatic rings. The lowest BCUT2D eigenvalue weighted by atomic mass is 10.2. The number of halogens is 1. The molecule has 6 nitrogen and oxygen atoms in total. The second-order valence-corrected chi connectivity index (χ2v) is 5.61. The van der Waals surface area contributed by atoms with E-state index >= 15 is 0 Å². The van der Waals surface area contributed by atoms with Gasteiger partial charge in [0.05, 0.1) is 0 Å². The number of nitrogens with one attached hydrogen (secondary N) is 1. The third-order valence-corrected chi connectivity index (χ3v) is 3.65. The number of hydrogen-bond donors (Lipinski definition) is 1. The van der Waals surface area contributed by atoms with Gasteiger partial charge in [-0.15, -0.1) is 0 Å². The Bertz CT molecular complexity index is 867. The summed E-state index contributed by atoms with van der Waals surface area (Å²) in [5, 5.41) is 6.63. The van der Waals surface area contributed by atoms with Crippen molar-refractivity contribution >= 4 is 5.91 Å². The first-order valence-corrected chi connectivity index (χ1v) is 8.20. The van der Waals surface area contributed by atoms with Gasteiger partial charge < -0.3 is 14.6 Å². The lowest BCUT2D eigenvalue weighted by Crippen LogP contribution is -2.37. The monoisotopic (exact) mass is 355 g/mol. The summed E-state index contributed by atoms with van der Waals surface area (Å²) in [6.45, 7) is 1.86. The fourth-order valence-corrected chi connectivity index (χ4v) is 2.28. The third-order valence-electron chi connectivity index (χ3n) is 3.65. The van der Waals surface area contributed by atoms with Crippen molar-refractivity contribution in [2.45, 2.75) is 19.4 Å². The molecule has 1 heterocycles. The fraction of sp³-hybridized carbons (Fsp3) is 0.211. The van der Waals surface area contributed by atoms with Gasteiger partial charge in [0.2, 0.25) is 11.7 Å². The van der Waals surface area contributed by atoms with E-state index in [1.807, 2.05) is 30.3 Å². The number of ether oxygens (including phenoxy) is 1. The van der Waals surface area contributed by atoms with Crippen molar-refractivity contribution in [3.63, 3.8) is 0 Å². The standard InChI is InChI=1S/C19H18FN3O3/c1-13(25-16-10-6-5-9-15(16)20)19(24)21-12-11-17-22-18(23-26-17)14-7-3-2-4-8-14/h2-10,13H,11-12H2,1H3,(H,21,24)/t13-/m1/s1. The number of carbonyl (C=O) groups excluding carboxylic acids is 1. The first-order valence-electron chi connectivity index (χ1n) is 8.20. The number of aromatic nitrogens is 2. The van der Waals surface area contributed by atoms with Gasteiger partial charge >= 0.3 is 0 Å². The Morgan fingerprint density at radius 2 is 1.92 bits per heavy atom. The molecule has 3 rings (SSSR count). The Morgan fingerprint density at radius 3 is 2.69 bits per heavy atom. The summed E-state index contributed by atoms with van der Waals surface area (Å²) >= 11 is 0. The first-order chi connectivity index (χ1) is 12.6. The number of para-hydroxylation sites is 1. The van der Waals surface area contributed by atoms with E-state index in [2.05, 4.69) is 15.5 Å². The maximum Gasteiger partial charge on any atom is 0.260 e. The molecule has 1 aromatic heterocycles. The topological polar surface area (TPSA) is 77.2 Å². The number of hydrogen-bond acceptors (Lipinski definition) is 5. The summed E-state index contributed by atoms with van der Waals surface area (Å²) in [4.78, 5) is 16.3. The highest BCUT2D eigenvalue weighted by atomic mass is 19.1. The second kappa shape index (κ2) is 8.24. The molecule has 0 bridgehead atoms. The van der Waals surface area contributed by atoms with Crippen LogP contribution in [0, 0.1) is 5.82 Å². The summed E-state index contributed by atoms with van der Waals surface area (Å²) in [6.07, 6.45) is -0.438. The zero-order valence-corrected chi connectivity index (χ0v) is 14.2. The third kappa shape index (κ3) is 4.44. The molecule has 0 saturated heterocycles. The minimum atomic E-state index is -0.825. The molecule has 0 spiro atoms. The van der Waals surface area contributed by atoms with Crippen LogP contribution in [0.2, 0.25) is 0 Å². The molecular formula is C19H18FN3O3. The lowest BCUT2D eigenvalue weighted by Gasteiger charge is -2.14. The summed E-state index contributed by atoms with van der Waals surface area (Å²) in [5.74, 6) is 0.108. The zero-order chi connectivity index (χ0) is 18.4. The van der Waals surface area contributed by atoms with Crippen LogP contribution in [0.5, 0.6) is 5.75 Å². The minimum absolute atomic E-state index is 0.0413.